The van der Waals surface area contributed by atoms with E-state index in [4.69, 9.17) is 5.73 Å². The zero-order valence-corrected chi connectivity index (χ0v) is 14.5. The minimum atomic E-state index is 0.289. The second kappa shape index (κ2) is 5.68. The predicted octanol–water partition coefficient (Wildman–Crippen LogP) is 4.03. The Morgan fingerprint density at radius 1 is 1.17 bits per heavy atom. The van der Waals surface area contributed by atoms with Crippen molar-refractivity contribution in [1.82, 2.24) is 0 Å². The third-order valence-corrected chi connectivity index (χ3v) is 6.57. The number of Topliss-reactive ketones (excluding diaryl/α,β-unsaturated/α-hetero) is 1. The second-order valence-corrected chi connectivity index (χ2v) is 8.70. The monoisotopic (exact) mass is 327 g/mol. The topological polar surface area (TPSA) is 63.2 Å². The molecule has 5 rings (SSSR count). The van der Waals surface area contributed by atoms with Gasteiger partial charge in [-0.15, -0.1) is 0 Å². The van der Waals surface area contributed by atoms with Crippen LogP contribution in [0.3, 0.4) is 0 Å². The molecular formula is C20H27N2O2+. The van der Waals surface area contributed by atoms with Crippen molar-refractivity contribution in [1.29, 1.82) is 0 Å². The molecule has 1 aromatic rings. The van der Waals surface area contributed by atoms with Crippen molar-refractivity contribution in [3.8, 4) is 0 Å². The van der Waals surface area contributed by atoms with Crippen LogP contribution in [0.4, 0.5) is 11.4 Å². The van der Waals surface area contributed by atoms with E-state index in [1.54, 1.807) is 12.1 Å². The maximum absolute atomic E-state index is 12.7. The zero-order chi connectivity index (χ0) is 16.9. The molecule has 128 valence electrons. The molecule has 4 nitrogen and oxygen atoms in total. The van der Waals surface area contributed by atoms with E-state index in [1.807, 2.05) is 6.07 Å². The zero-order valence-electron chi connectivity index (χ0n) is 14.5. The average molecular weight is 327 g/mol. The fourth-order valence-electron chi connectivity index (χ4n) is 6.19. The molecule has 0 unspecified atom stereocenters. The Balaban J connectivity index is 1.46. The Morgan fingerprint density at radius 2 is 1.75 bits per heavy atom. The fourth-order valence-corrected chi connectivity index (χ4v) is 6.19. The molecule has 24 heavy (non-hydrogen) atoms. The van der Waals surface area contributed by atoms with E-state index < -0.39 is 0 Å². The van der Waals surface area contributed by atoms with Crippen LogP contribution in [0.1, 0.15) is 50.5 Å². The number of nitrogens with two attached hydrogens (primary N) is 1. The van der Waals surface area contributed by atoms with Gasteiger partial charge in [0.25, 0.3) is 5.69 Å². The van der Waals surface area contributed by atoms with Crippen LogP contribution in [0.2, 0.25) is 0 Å². The summed E-state index contributed by atoms with van der Waals surface area (Å²) in [6, 6.07) is 5.37. The summed E-state index contributed by atoms with van der Waals surface area (Å²) >= 11 is 0. The van der Waals surface area contributed by atoms with E-state index in [1.165, 1.54) is 45.6 Å². The third kappa shape index (κ3) is 2.87. The number of hydrogen-bond acceptors (Lipinski definition) is 3. The Hall–Kier alpha value is -1.71. The van der Waals surface area contributed by atoms with Crippen molar-refractivity contribution >= 4 is 17.2 Å². The summed E-state index contributed by atoms with van der Waals surface area (Å²) in [5.74, 6) is 2.95. The van der Waals surface area contributed by atoms with Crippen LogP contribution >= 0.6 is 0 Å². The van der Waals surface area contributed by atoms with Crippen molar-refractivity contribution in [3.63, 3.8) is 0 Å². The molecule has 4 heteroatoms. The molecule has 4 saturated carbocycles. The van der Waals surface area contributed by atoms with Gasteiger partial charge in [-0.2, -0.15) is 0 Å². The number of nitrogen functional groups attached to an aromatic ring is 1. The van der Waals surface area contributed by atoms with Gasteiger partial charge < -0.3 is 5.73 Å². The number of nitrogens with zero attached hydrogens (tertiary/aromatic N) is 1. The molecule has 2 N–H and O–H groups in total. The number of anilines is 1. The van der Waals surface area contributed by atoms with Gasteiger partial charge in [-0.25, -0.2) is 0 Å². The quantitative estimate of drug-likeness (QED) is 0.656. The molecule has 0 aliphatic heterocycles. The summed E-state index contributed by atoms with van der Waals surface area (Å²) in [6.45, 7) is 0. The molecule has 0 heterocycles. The Labute approximate surface area is 143 Å². The third-order valence-electron chi connectivity index (χ3n) is 6.57. The number of nitroso groups, excluding NO2 is 1. The molecule has 1 aromatic carbocycles. The lowest BCUT2D eigenvalue weighted by Crippen LogP contribution is -2.47. The second-order valence-electron chi connectivity index (χ2n) is 8.70. The molecule has 0 spiro atoms. The van der Waals surface area contributed by atoms with Crippen LogP contribution in [-0.4, -0.2) is 17.6 Å². The number of hydrogen-bond donors (Lipinski definition) is 1. The van der Waals surface area contributed by atoms with Crippen LogP contribution < -0.4 is 5.73 Å². The number of rotatable bonds is 5. The first kappa shape index (κ1) is 15.8. The molecule has 0 aromatic heterocycles. The molecular weight excluding hydrogens is 300 g/mol. The highest BCUT2D eigenvalue weighted by Gasteiger charge is 2.51. The minimum Gasteiger partial charge on any atom is -0.393 e. The predicted molar refractivity (Wildman–Crippen MR) is 94.0 cm³/mol. The number of ketones is 1. The van der Waals surface area contributed by atoms with Crippen molar-refractivity contribution in [2.45, 2.75) is 51.4 Å². The number of carbonyl (C=O) groups excluding carboxylic acids is 1. The molecule has 0 saturated heterocycles. The van der Waals surface area contributed by atoms with Crippen molar-refractivity contribution in [3.05, 3.63) is 28.7 Å². The molecule has 4 aliphatic rings. The molecule has 4 bridgehead atoms. The van der Waals surface area contributed by atoms with E-state index in [9.17, 15) is 9.70 Å². The van der Waals surface area contributed by atoms with Crippen molar-refractivity contribution < 1.29 is 9.55 Å². The molecule has 0 atom stereocenters. The highest BCUT2D eigenvalue weighted by Crippen LogP contribution is 2.61. The Morgan fingerprint density at radius 3 is 2.29 bits per heavy atom. The number of benzene rings is 1. The summed E-state index contributed by atoms with van der Waals surface area (Å²) in [7, 11) is 1.44. The summed E-state index contributed by atoms with van der Waals surface area (Å²) in [4.78, 5) is 24.3. The van der Waals surface area contributed by atoms with E-state index in [0.29, 0.717) is 23.6 Å². The number of carbonyl (C=O) groups is 1. The average Bonchev–Trinajstić information content (AvgIpc) is 2.46. The normalized spacial score (nSPS) is 33.6. The van der Waals surface area contributed by atoms with Gasteiger partial charge in [-0.05, 0) is 73.3 Å². The smallest absolute Gasteiger partial charge is 0.278 e. The molecule has 0 radical (unpaired) electrons. The molecule has 4 fully saturated rings. The molecule has 4 aliphatic carbocycles. The first-order chi connectivity index (χ1) is 11.4. The first-order valence-corrected chi connectivity index (χ1v) is 9.23. The summed E-state index contributed by atoms with van der Waals surface area (Å²) in [5, 5.41) is 0. The van der Waals surface area contributed by atoms with Crippen molar-refractivity contribution in [2.24, 2.45) is 23.2 Å². The van der Waals surface area contributed by atoms with Gasteiger partial charge in [-0.1, -0.05) is 6.07 Å². The van der Waals surface area contributed by atoms with E-state index in [0.717, 1.165) is 34.5 Å². The maximum atomic E-state index is 12.7. The van der Waals surface area contributed by atoms with Crippen molar-refractivity contribution in [2.75, 3.05) is 12.8 Å². The maximum Gasteiger partial charge on any atom is 0.278 e. The lowest BCUT2D eigenvalue weighted by Gasteiger charge is -2.56. The molecule has 0 amide bonds. The van der Waals surface area contributed by atoms with Gasteiger partial charge in [0.1, 0.15) is 11.5 Å². The van der Waals surface area contributed by atoms with Gasteiger partial charge in [0.15, 0.2) is 7.05 Å². The minimum absolute atomic E-state index is 0.289. The van der Waals surface area contributed by atoms with Gasteiger partial charge >= 0.3 is 0 Å². The fraction of sp³-hybridized carbons (Fsp3) is 0.650. The lowest BCUT2D eigenvalue weighted by molar-refractivity contribution is -0.427. The van der Waals surface area contributed by atoms with E-state index in [2.05, 4.69) is 0 Å². The SMILES string of the molecule is C[N+](=O)c1cc(CC(=O)CC23CC4CC(CC(C4)C2)C3)ccc1N. The Bertz CT molecular complexity index is 660. The van der Waals surface area contributed by atoms with Gasteiger partial charge in [0, 0.05) is 28.6 Å². The van der Waals surface area contributed by atoms with Crippen LogP contribution in [-0.2, 0) is 11.2 Å². The van der Waals surface area contributed by atoms with Crippen LogP contribution in [0.25, 0.3) is 0 Å². The van der Waals surface area contributed by atoms with Gasteiger partial charge in [-0.3, -0.25) is 4.79 Å². The van der Waals surface area contributed by atoms with Crippen LogP contribution in [0, 0.1) is 28.1 Å². The summed E-state index contributed by atoms with van der Waals surface area (Å²) in [5.41, 5.74) is 7.94. The van der Waals surface area contributed by atoms with Crippen LogP contribution in [0.5, 0.6) is 0 Å². The standard InChI is InChI=1S/C20H27N2O2/c1-22(24)19-8-13(2-3-18(19)21)7-17(23)12-20-9-14-4-15(10-20)6-16(5-14)11-20/h2-3,8,14-16H,4-7,9-12,21H2,1H3/q+1. The van der Waals surface area contributed by atoms with Gasteiger partial charge in [0.2, 0.25) is 0 Å². The summed E-state index contributed by atoms with van der Waals surface area (Å²) < 4.78 is 0.766. The summed E-state index contributed by atoms with van der Waals surface area (Å²) in [6.07, 6.45) is 9.16. The highest BCUT2D eigenvalue weighted by molar-refractivity contribution is 5.82. The Kier molecular flexibility index (Phi) is 3.74. The first-order valence-electron chi connectivity index (χ1n) is 9.23. The lowest BCUT2D eigenvalue weighted by atomic mass is 9.48. The highest BCUT2D eigenvalue weighted by atomic mass is 16.3. The largest absolute Gasteiger partial charge is 0.393 e. The van der Waals surface area contributed by atoms with Gasteiger partial charge in [0.05, 0.1) is 0 Å². The van der Waals surface area contributed by atoms with Crippen LogP contribution in [0.15, 0.2) is 18.2 Å². The van der Waals surface area contributed by atoms with E-state index >= 15 is 0 Å². The van der Waals surface area contributed by atoms with E-state index in [-0.39, 0.29) is 5.41 Å².